The van der Waals surface area contributed by atoms with Crippen molar-refractivity contribution in [2.24, 2.45) is 11.8 Å². The fourth-order valence-corrected chi connectivity index (χ4v) is 2.18. The maximum atomic E-state index is 9.12. The van der Waals surface area contributed by atoms with E-state index in [-0.39, 0.29) is 5.54 Å². The molecule has 1 unspecified atom stereocenters. The molecule has 0 bridgehead atoms. The van der Waals surface area contributed by atoms with Gasteiger partial charge in [-0.2, -0.15) is 5.26 Å². The second-order valence-electron chi connectivity index (χ2n) is 6.34. The van der Waals surface area contributed by atoms with Gasteiger partial charge in [-0.25, -0.2) is 0 Å². The number of nitrogens with one attached hydrogen (secondary N) is 1. The summed E-state index contributed by atoms with van der Waals surface area (Å²) in [5, 5.41) is 12.2. The summed E-state index contributed by atoms with van der Waals surface area (Å²) in [5.74, 6) is 1.41. The first-order valence-electron chi connectivity index (χ1n) is 7.15. The van der Waals surface area contributed by atoms with E-state index in [0.29, 0.717) is 11.8 Å². The highest BCUT2D eigenvalue weighted by Gasteiger charge is 2.21. The Hall–Kier alpha value is -0.590. The summed E-state index contributed by atoms with van der Waals surface area (Å²) >= 11 is 0. The van der Waals surface area contributed by atoms with Crippen molar-refractivity contribution in [2.75, 3.05) is 26.7 Å². The van der Waals surface area contributed by atoms with Crippen LogP contribution in [0.15, 0.2) is 0 Å². The zero-order valence-electron chi connectivity index (χ0n) is 13.1. The van der Waals surface area contributed by atoms with Crippen LogP contribution in [0, 0.1) is 23.2 Å². The minimum Gasteiger partial charge on any atom is -0.303 e. The monoisotopic (exact) mass is 253 g/mol. The van der Waals surface area contributed by atoms with Crippen LogP contribution >= 0.6 is 0 Å². The summed E-state index contributed by atoms with van der Waals surface area (Å²) in [6.07, 6.45) is 1.98. The van der Waals surface area contributed by atoms with E-state index in [1.165, 1.54) is 0 Å². The lowest BCUT2D eigenvalue weighted by molar-refractivity contribution is 0.210. The van der Waals surface area contributed by atoms with E-state index in [2.05, 4.69) is 44.0 Å². The van der Waals surface area contributed by atoms with Gasteiger partial charge in [-0.15, -0.1) is 0 Å². The van der Waals surface area contributed by atoms with Crippen LogP contribution < -0.4 is 5.32 Å². The minimum absolute atomic E-state index is 0.374. The number of nitriles is 1. The lowest BCUT2D eigenvalue weighted by Gasteiger charge is -2.28. The topological polar surface area (TPSA) is 39.1 Å². The molecule has 0 aliphatic heterocycles. The largest absolute Gasteiger partial charge is 0.303 e. The Morgan fingerprint density at radius 1 is 1.17 bits per heavy atom. The molecule has 0 saturated heterocycles. The van der Waals surface area contributed by atoms with Gasteiger partial charge in [0.1, 0.15) is 5.54 Å². The molecule has 0 radical (unpaired) electrons. The highest BCUT2D eigenvalue weighted by atomic mass is 15.1. The molecule has 0 aromatic heterocycles. The first-order chi connectivity index (χ1) is 8.33. The molecule has 0 saturated carbocycles. The second-order valence-corrected chi connectivity index (χ2v) is 6.34. The van der Waals surface area contributed by atoms with Gasteiger partial charge < -0.3 is 10.2 Å². The molecular weight excluding hydrogens is 222 g/mol. The third kappa shape index (κ3) is 7.68. The SMILES string of the molecule is CNC(C)(C#N)CCCN(CC(C)C)CC(C)C. The Morgan fingerprint density at radius 3 is 2.00 bits per heavy atom. The van der Waals surface area contributed by atoms with Crippen LogP contribution in [-0.2, 0) is 0 Å². The summed E-state index contributed by atoms with van der Waals surface area (Å²) in [6.45, 7) is 14.4. The summed E-state index contributed by atoms with van der Waals surface area (Å²) in [5.41, 5.74) is -0.374. The number of hydrogen-bond donors (Lipinski definition) is 1. The Balaban J connectivity index is 4.14. The van der Waals surface area contributed by atoms with Crippen LogP contribution in [0.2, 0.25) is 0 Å². The van der Waals surface area contributed by atoms with Gasteiger partial charge >= 0.3 is 0 Å². The van der Waals surface area contributed by atoms with Crippen molar-refractivity contribution in [3.8, 4) is 6.07 Å². The molecule has 0 aromatic carbocycles. The molecule has 3 heteroatoms. The third-order valence-corrected chi connectivity index (χ3v) is 3.20. The van der Waals surface area contributed by atoms with Gasteiger partial charge in [-0.3, -0.25) is 0 Å². The lowest BCUT2D eigenvalue weighted by atomic mass is 9.97. The van der Waals surface area contributed by atoms with E-state index < -0.39 is 0 Å². The van der Waals surface area contributed by atoms with E-state index >= 15 is 0 Å². The Morgan fingerprint density at radius 2 is 1.67 bits per heavy atom. The van der Waals surface area contributed by atoms with E-state index in [9.17, 15) is 0 Å². The normalized spacial score (nSPS) is 15.1. The predicted molar refractivity (Wildman–Crippen MR) is 78.4 cm³/mol. The van der Waals surface area contributed by atoms with Crippen LogP contribution in [0.5, 0.6) is 0 Å². The zero-order chi connectivity index (χ0) is 14.2. The van der Waals surface area contributed by atoms with Crippen LogP contribution in [0.3, 0.4) is 0 Å². The van der Waals surface area contributed by atoms with Gasteiger partial charge in [0.25, 0.3) is 0 Å². The average Bonchev–Trinajstić information content (AvgIpc) is 2.27. The van der Waals surface area contributed by atoms with Gasteiger partial charge in [-0.1, -0.05) is 27.7 Å². The van der Waals surface area contributed by atoms with Crippen molar-refractivity contribution in [1.29, 1.82) is 5.26 Å². The van der Waals surface area contributed by atoms with Crippen molar-refractivity contribution >= 4 is 0 Å². The van der Waals surface area contributed by atoms with Crippen molar-refractivity contribution in [2.45, 2.75) is 53.0 Å². The van der Waals surface area contributed by atoms with Crippen LogP contribution in [-0.4, -0.2) is 37.1 Å². The minimum atomic E-state index is -0.374. The maximum absolute atomic E-state index is 9.12. The van der Waals surface area contributed by atoms with Crippen LogP contribution in [0.25, 0.3) is 0 Å². The molecule has 0 amide bonds. The van der Waals surface area contributed by atoms with E-state index in [1.807, 2.05) is 14.0 Å². The smallest absolute Gasteiger partial charge is 0.103 e. The maximum Gasteiger partial charge on any atom is 0.103 e. The Labute approximate surface area is 114 Å². The number of rotatable bonds is 9. The Bertz CT molecular complexity index is 245. The molecule has 0 aliphatic carbocycles. The first kappa shape index (κ1) is 17.4. The van der Waals surface area contributed by atoms with Crippen molar-refractivity contribution in [3.05, 3.63) is 0 Å². The standard InChI is InChI=1S/C15H31N3/c1-13(2)10-18(11-14(3)4)9-7-8-15(5,12-16)17-6/h13-14,17H,7-11H2,1-6H3. The highest BCUT2D eigenvalue weighted by molar-refractivity contribution is 5.02. The molecule has 0 spiro atoms. The van der Waals surface area contributed by atoms with Gasteiger partial charge in [0, 0.05) is 13.1 Å². The molecule has 0 fully saturated rings. The van der Waals surface area contributed by atoms with Gasteiger partial charge in [0.2, 0.25) is 0 Å². The van der Waals surface area contributed by atoms with Crippen LogP contribution in [0.4, 0.5) is 0 Å². The highest BCUT2D eigenvalue weighted by Crippen LogP contribution is 2.12. The summed E-state index contributed by atoms with van der Waals surface area (Å²) < 4.78 is 0. The summed E-state index contributed by atoms with van der Waals surface area (Å²) in [4.78, 5) is 2.53. The molecule has 106 valence electrons. The number of nitrogens with zero attached hydrogens (tertiary/aromatic N) is 2. The molecule has 0 rings (SSSR count). The summed E-state index contributed by atoms with van der Waals surface area (Å²) in [7, 11) is 1.86. The van der Waals surface area contributed by atoms with Gasteiger partial charge in [-0.05, 0) is 45.2 Å². The fourth-order valence-electron chi connectivity index (χ4n) is 2.18. The third-order valence-electron chi connectivity index (χ3n) is 3.20. The average molecular weight is 253 g/mol. The molecule has 0 aromatic rings. The van der Waals surface area contributed by atoms with E-state index in [4.69, 9.17) is 5.26 Å². The second kappa shape index (κ2) is 8.50. The van der Waals surface area contributed by atoms with E-state index in [1.54, 1.807) is 0 Å². The lowest BCUT2D eigenvalue weighted by Crippen LogP contribution is -2.39. The number of hydrogen-bond acceptors (Lipinski definition) is 3. The van der Waals surface area contributed by atoms with Gasteiger partial charge in [0.05, 0.1) is 6.07 Å². The van der Waals surface area contributed by atoms with Gasteiger partial charge in [0.15, 0.2) is 0 Å². The molecule has 3 nitrogen and oxygen atoms in total. The Kier molecular flexibility index (Phi) is 8.22. The van der Waals surface area contributed by atoms with E-state index in [0.717, 1.165) is 32.5 Å². The van der Waals surface area contributed by atoms with Crippen molar-refractivity contribution in [3.63, 3.8) is 0 Å². The zero-order valence-corrected chi connectivity index (χ0v) is 13.1. The molecule has 0 heterocycles. The quantitative estimate of drug-likeness (QED) is 0.687. The van der Waals surface area contributed by atoms with Crippen molar-refractivity contribution in [1.82, 2.24) is 10.2 Å². The molecular formula is C15H31N3. The molecule has 1 atom stereocenters. The molecule has 18 heavy (non-hydrogen) atoms. The summed E-state index contributed by atoms with van der Waals surface area (Å²) in [6, 6.07) is 2.35. The van der Waals surface area contributed by atoms with Crippen molar-refractivity contribution < 1.29 is 0 Å². The molecule has 1 N–H and O–H groups in total. The predicted octanol–water partition coefficient (Wildman–Crippen LogP) is 2.88. The fraction of sp³-hybridized carbons (Fsp3) is 0.933. The van der Waals surface area contributed by atoms with Crippen LogP contribution in [0.1, 0.15) is 47.5 Å². The molecule has 0 aliphatic rings. The first-order valence-corrected chi connectivity index (χ1v) is 7.15.